The molecule has 1 aromatic heterocycles. The molecule has 0 aliphatic carbocycles. The molecule has 4 aromatic rings. The van der Waals surface area contributed by atoms with Crippen molar-refractivity contribution in [2.24, 2.45) is 0 Å². The number of pyridine rings is 1. The number of rotatable bonds is 4. The van der Waals surface area contributed by atoms with E-state index in [4.69, 9.17) is 5.26 Å². The highest BCUT2D eigenvalue weighted by Gasteiger charge is 2.27. The van der Waals surface area contributed by atoms with Crippen LogP contribution in [0.2, 0.25) is 0 Å². The van der Waals surface area contributed by atoms with E-state index < -0.39 is 31.3 Å². The van der Waals surface area contributed by atoms with Gasteiger partial charge in [0.25, 0.3) is 5.69 Å². The molecule has 0 aliphatic heterocycles. The largest absolute Gasteiger partial charge is 0.295 e. The molecule has 7 nitrogen and oxygen atoms in total. The third-order valence-corrected chi connectivity index (χ3v) is 6.52. The van der Waals surface area contributed by atoms with Gasteiger partial charge in [-0.15, -0.1) is 0 Å². The van der Waals surface area contributed by atoms with E-state index in [1.165, 1.54) is 30.3 Å². The summed E-state index contributed by atoms with van der Waals surface area (Å²) in [6.07, 6.45) is 0.945. The first-order chi connectivity index (χ1) is 15.2. The number of nitrogens with zero attached hydrogens (tertiary/aromatic N) is 3. The van der Waals surface area contributed by atoms with E-state index in [-0.39, 0.29) is 38.2 Å². The van der Waals surface area contributed by atoms with Gasteiger partial charge in [0.1, 0.15) is 17.2 Å². The fourth-order valence-corrected chi connectivity index (χ4v) is 4.86. The zero-order valence-corrected chi connectivity index (χ0v) is 16.8. The number of benzene rings is 3. The topological polar surface area (TPSA) is 114 Å². The minimum atomic E-state index is -4.42. The fourth-order valence-electron chi connectivity index (χ4n) is 3.36. The number of nitriles is 1. The molecule has 0 amide bonds. The molecule has 1 heterocycles. The maximum atomic E-state index is 14.0. The lowest BCUT2D eigenvalue weighted by Crippen LogP contribution is -2.07. The van der Waals surface area contributed by atoms with Gasteiger partial charge in [-0.2, -0.15) is 5.26 Å². The van der Waals surface area contributed by atoms with Crippen molar-refractivity contribution >= 4 is 26.4 Å². The van der Waals surface area contributed by atoms with Crippen LogP contribution in [0.1, 0.15) is 5.56 Å². The number of aromatic nitrogens is 1. The Kier molecular flexibility index (Phi) is 5.12. The van der Waals surface area contributed by atoms with Crippen LogP contribution in [0.5, 0.6) is 0 Å². The summed E-state index contributed by atoms with van der Waals surface area (Å²) in [6, 6.07) is 13.3. The summed E-state index contributed by atoms with van der Waals surface area (Å²) in [6.45, 7) is 0. The van der Waals surface area contributed by atoms with Crippen molar-refractivity contribution < 1.29 is 22.1 Å². The van der Waals surface area contributed by atoms with Gasteiger partial charge < -0.3 is 0 Å². The second kappa shape index (κ2) is 7.79. The Morgan fingerprint density at radius 2 is 1.72 bits per heavy atom. The van der Waals surface area contributed by atoms with Crippen LogP contribution in [0.4, 0.5) is 14.5 Å². The van der Waals surface area contributed by atoms with Gasteiger partial charge in [-0.3, -0.25) is 10.1 Å². The van der Waals surface area contributed by atoms with Gasteiger partial charge in [0.2, 0.25) is 9.84 Å². The second-order valence-electron chi connectivity index (χ2n) is 6.73. The number of fused-ring (bicyclic) bond motifs is 1. The lowest BCUT2D eigenvalue weighted by Gasteiger charge is -2.14. The van der Waals surface area contributed by atoms with Crippen LogP contribution in [0.15, 0.2) is 76.7 Å². The maximum absolute atomic E-state index is 14.0. The summed E-state index contributed by atoms with van der Waals surface area (Å²) in [5, 5.41) is 20.7. The number of non-ortho nitro benzene ring substituents is 1. The lowest BCUT2D eigenvalue weighted by molar-refractivity contribution is -0.383. The number of hydrogen-bond acceptors (Lipinski definition) is 6. The van der Waals surface area contributed by atoms with Gasteiger partial charge in [-0.1, -0.05) is 24.3 Å². The molecule has 0 unspecified atom stereocenters. The number of para-hydroxylation sites is 1. The summed E-state index contributed by atoms with van der Waals surface area (Å²) >= 11 is 0. The Morgan fingerprint density at radius 3 is 2.38 bits per heavy atom. The molecule has 0 saturated carbocycles. The fraction of sp³-hybridized carbons (Fsp3) is 0. The Morgan fingerprint density at radius 1 is 1.00 bits per heavy atom. The van der Waals surface area contributed by atoms with Crippen molar-refractivity contribution in [1.29, 1.82) is 5.26 Å². The molecule has 4 rings (SSSR count). The van der Waals surface area contributed by atoms with Gasteiger partial charge in [0.15, 0.2) is 0 Å². The van der Waals surface area contributed by atoms with Crippen LogP contribution in [-0.2, 0) is 9.84 Å². The predicted molar refractivity (Wildman–Crippen MR) is 110 cm³/mol. The summed E-state index contributed by atoms with van der Waals surface area (Å²) in [5.41, 5.74) is -0.299. The van der Waals surface area contributed by atoms with Gasteiger partial charge in [-0.25, -0.2) is 22.2 Å². The van der Waals surface area contributed by atoms with Gasteiger partial charge in [0.05, 0.1) is 26.3 Å². The Labute approximate surface area is 180 Å². The second-order valence-corrected chi connectivity index (χ2v) is 8.64. The molecule has 3 aromatic carbocycles. The molecule has 32 heavy (non-hydrogen) atoms. The Balaban J connectivity index is 2.11. The molecule has 0 radical (unpaired) electrons. The SMILES string of the molecule is N#Cc1cc(F)cc(S(=O)(=O)c2cnc3c([N+](=O)[O-])cccc3c2-c2ccc(F)cc2)c1. The van der Waals surface area contributed by atoms with E-state index in [9.17, 15) is 27.3 Å². The van der Waals surface area contributed by atoms with E-state index in [1.807, 2.05) is 0 Å². The van der Waals surface area contributed by atoms with Crippen molar-refractivity contribution in [1.82, 2.24) is 4.98 Å². The molecule has 0 N–H and O–H groups in total. The number of hydrogen-bond donors (Lipinski definition) is 0. The molecule has 0 fully saturated rings. The van der Waals surface area contributed by atoms with Gasteiger partial charge >= 0.3 is 0 Å². The van der Waals surface area contributed by atoms with Crippen LogP contribution >= 0.6 is 0 Å². The predicted octanol–water partition coefficient (Wildman–Crippen LogP) is 4.79. The zero-order valence-electron chi connectivity index (χ0n) is 16.0. The average Bonchev–Trinajstić information content (AvgIpc) is 2.77. The van der Waals surface area contributed by atoms with Crippen LogP contribution in [0.25, 0.3) is 22.0 Å². The van der Waals surface area contributed by atoms with Crippen molar-refractivity contribution in [2.45, 2.75) is 9.79 Å². The Bertz CT molecular complexity index is 1550. The highest BCUT2D eigenvalue weighted by Crippen LogP contribution is 2.39. The number of halogens is 2. The average molecular weight is 451 g/mol. The first-order valence-electron chi connectivity index (χ1n) is 9.00. The van der Waals surface area contributed by atoms with E-state index in [0.717, 1.165) is 36.5 Å². The van der Waals surface area contributed by atoms with E-state index in [1.54, 1.807) is 6.07 Å². The summed E-state index contributed by atoms with van der Waals surface area (Å²) in [7, 11) is -4.42. The molecule has 10 heteroatoms. The van der Waals surface area contributed by atoms with Gasteiger partial charge in [-0.05, 0) is 35.9 Å². The minimum Gasteiger partial charge on any atom is -0.258 e. The van der Waals surface area contributed by atoms with E-state index >= 15 is 0 Å². The Hall–Kier alpha value is -4.23. The molecule has 0 bridgehead atoms. The molecule has 158 valence electrons. The van der Waals surface area contributed by atoms with Crippen LogP contribution < -0.4 is 0 Å². The molecular weight excluding hydrogens is 440 g/mol. The van der Waals surface area contributed by atoms with Gasteiger partial charge in [0, 0.05) is 23.2 Å². The summed E-state index contributed by atoms with van der Waals surface area (Å²) in [4.78, 5) is 14.0. The van der Waals surface area contributed by atoms with Crippen molar-refractivity contribution in [3.63, 3.8) is 0 Å². The van der Waals surface area contributed by atoms with Crippen molar-refractivity contribution in [3.8, 4) is 17.2 Å². The third kappa shape index (κ3) is 3.55. The number of nitro groups is 1. The van der Waals surface area contributed by atoms with Crippen molar-refractivity contribution in [3.05, 3.63) is 94.2 Å². The molecule has 0 atom stereocenters. The summed E-state index contributed by atoms with van der Waals surface area (Å²) < 4.78 is 54.4. The molecular formula is C22H11F2N3O4S. The van der Waals surface area contributed by atoms with Crippen LogP contribution in [0.3, 0.4) is 0 Å². The van der Waals surface area contributed by atoms with E-state index in [0.29, 0.717) is 0 Å². The summed E-state index contributed by atoms with van der Waals surface area (Å²) in [5.74, 6) is -1.48. The van der Waals surface area contributed by atoms with E-state index in [2.05, 4.69) is 4.98 Å². The standard InChI is InChI=1S/C22H11F2N3O4S/c23-15-6-4-14(5-7-15)21-18-2-1-3-19(27(28)29)22(18)26-12-20(21)32(30,31)17-9-13(11-25)8-16(24)10-17/h1-10,12H. The molecule has 0 saturated heterocycles. The normalized spacial score (nSPS) is 11.3. The molecule has 0 aliphatic rings. The maximum Gasteiger partial charge on any atom is 0.295 e. The quantitative estimate of drug-likeness (QED) is 0.325. The first kappa shape index (κ1) is 21.0. The monoisotopic (exact) mass is 451 g/mol. The van der Waals surface area contributed by atoms with Crippen molar-refractivity contribution in [2.75, 3.05) is 0 Å². The smallest absolute Gasteiger partial charge is 0.258 e. The first-order valence-corrected chi connectivity index (χ1v) is 10.5. The van der Waals surface area contributed by atoms with Crippen LogP contribution in [-0.4, -0.2) is 18.3 Å². The highest BCUT2D eigenvalue weighted by atomic mass is 32.2. The third-order valence-electron chi connectivity index (χ3n) is 4.77. The minimum absolute atomic E-state index is 0.0430. The molecule has 0 spiro atoms. The number of nitro benzene ring substituents is 1. The highest BCUT2D eigenvalue weighted by molar-refractivity contribution is 7.91. The van der Waals surface area contributed by atoms with Crippen LogP contribution in [0, 0.1) is 33.1 Å². The number of sulfone groups is 1. The zero-order chi connectivity index (χ0) is 23.0. The lowest BCUT2D eigenvalue weighted by atomic mass is 10.0.